The fraction of sp³-hybridized carbons (Fsp3) is 0.529. The summed E-state index contributed by atoms with van der Waals surface area (Å²) in [5.41, 5.74) is 0.104. The summed E-state index contributed by atoms with van der Waals surface area (Å²) in [7, 11) is -2.25. The van der Waals surface area contributed by atoms with Gasteiger partial charge < -0.3 is 10.4 Å². The Hall–Kier alpha value is -1.93. The largest absolute Gasteiger partial charge is 0.480 e. The molecule has 0 fully saturated rings. The van der Waals surface area contributed by atoms with Crippen molar-refractivity contribution in [3.05, 3.63) is 29.8 Å². The van der Waals surface area contributed by atoms with Crippen molar-refractivity contribution in [3.63, 3.8) is 0 Å². The Morgan fingerprint density at radius 1 is 1.24 bits per heavy atom. The maximum absolute atomic E-state index is 12.5. The zero-order valence-electron chi connectivity index (χ0n) is 15.2. The number of hydrogen-bond acceptors (Lipinski definition) is 4. The summed E-state index contributed by atoms with van der Waals surface area (Å²) in [5.74, 6) is -1.98. The summed E-state index contributed by atoms with van der Waals surface area (Å²) in [6.45, 7) is 7.06. The van der Waals surface area contributed by atoms with E-state index in [9.17, 15) is 23.1 Å². The summed E-state index contributed by atoms with van der Waals surface area (Å²) in [5, 5.41) is 11.7. The van der Waals surface area contributed by atoms with Crippen molar-refractivity contribution >= 4 is 21.9 Å². The van der Waals surface area contributed by atoms with Crippen LogP contribution in [-0.2, 0) is 14.8 Å². The van der Waals surface area contributed by atoms with Gasteiger partial charge in [-0.1, -0.05) is 26.3 Å². The Morgan fingerprint density at radius 2 is 1.84 bits per heavy atom. The van der Waals surface area contributed by atoms with Gasteiger partial charge in [-0.25, -0.2) is 13.2 Å². The first-order valence-corrected chi connectivity index (χ1v) is 9.58. The van der Waals surface area contributed by atoms with E-state index >= 15 is 0 Å². The number of amides is 1. The van der Waals surface area contributed by atoms with E-state index < -0.39 is 27.9 Å². The Kier molecular flexibility index (Phi) is 7.13. The number of carbonyl (C=O) groups excluding carboxylic acids is 1. The molecule has 1 aromatic carbocycles. The van der Waals surface area contributed by atoms with Gasteiger partial charge >= 0.3 is 5.97 Å². The molecule has 1 aromatic rings. The third-order valence-electron chi connectivity index (χ3n) is 4.27. The monoisotopic (exact) mass is 370 g/mol. The van der Waals surface area contributed by atoms with Gasteiger partial charge in [0.25, 0.3) is 5.91 Å². The van der Waals surface area contributed by atoms with E-state index in [2.05, 4.69) is 5.32 Å². The van der Waals surface area contributed by atoms with Crippen LogP contribution in [0.15, 0.2) is 29.2 Å². The first kappa shape index (κ1) is 21.1. The number of carboxylic acid groups (broad SMARTS) is 1. The van der Waals surface area contributed by atoms with Crippen LogP contribution in [0.1, 0.15) is 44.5 Å². The highest BCUT2D eigenvalue weighted by Gasteiger charge is 2.27. The van der Waals surface area contributed by atoms with Crippen molar-refractivity contribution in [3.8, 4) is 0 Å². The highest BCUT2D eigenvalue weighted by molar-refractivity contribution is 7.89. The molecule has 8 heteroatoms. The standard InChI is InChI=1S/C17H26N2O5S/c1-6-12(4)15(17(21)22)18-16(20)13-8-7-9-14(10-13)25(23,24)19(5)11(2)3/h7-12,15H,6H2,1-5H3,(H,18,20)(H,21,22)/t12-,15-/m0/s1. The number of hydrogen-bond donors (Lipinski definition) is 2. The fourth-order valence-electron chi connectivity index (χ4n) is 2.15. The number of nitrogens with one attached hydrogen (secondary N) is 1. The number of carbonyl (C=O) groups is 2. The second kappa shape index (κ2) is 8.44. The molecule has 0 saturated heterocycles. The van der Waals surface area contributed by atoms with Gasteiger partial charge in [0, 0.05) is 18.7 Å². The van der Waals surface area contributed by atoms with Crippen LogP contribution in [0.25, 0.3) is 0 Å². The molecular formula is C17H26N2O5S. The molecule has 140 valence electrons. The van der Waals surface area contributed by atoms with Gasteiger partial charge in [0.05, 0.1) is 4.90 Å². The van der Waals surface area contributed by atoms with Gasteiger partial charge in [-0.3, -0.25) is 4.79 Å². The molecule has 0 radical (unpaired) electrons. The van der Waals surface area contributed by atoms with E-state index in [0.29, 0.717) is 6.42 Å². The molecular weight excluding hydrogens is 344 g/mol. The van der Waals surface area contributed by atoms with Crippen molar-refractivity contribution in [2.45, 2.75) is 51.1 Å². The van der Waals surface area contributed by atoms with Crippen LogP contribution in [-0.4, -0.2) is 48.8 Å². The minimum atomic E-state index is -3.72. The van der Waals surface area contributed by atoms with Crippen molar-refractivity contribution in [2.75, 3.05) is 7.05 Å². The third-order valence-corrected chi connectivity index (χ3v) is 6.30. The second-order valence-electron chi connectivity index (χ2n) is 6.32. The summed E-state index contributed by atoms with van der Waals surface area (Å²) in [6.07, 6.45) is 0.588. The molecule has 0 heterocycles. The van der Waals surface area contributed by atoms with Gasteiger partial charge in [-0.15, -0.1) is 0 Å². The summed E-state index contributed by atoms with van der Waals surface area (Å²) in [4.78, 5) is 23.7. The highest BCUT2D eigenvalue weighted by atomic mass is 32.2. The number of carboxylic acids is 1. The van der Waals surface area contributed by atoms with E-state index in [4.69, 9.17) is 0 Å². The molecule has 1 rings (SSSR count). The molecule has 2 atom stereocenters. The van der Waals surface area contributed by atoms with E-state index in [1.54, 1.807) is 20.8 Å². The minimum absolute atomic E-state index is 0.00763. The molecule has 0 bridgehead atoms. The summed E-state index contributed by atoms with van der Waals surface area (Å²) in [6, 6.07) is 4.34. The maximum atomic E-state index is 12.5. The van der Waals surface area contributed by atoms with Crippen LogP contribution in [0.4, 0.5) is 0 Å². The number of sulfonamides is 1. The molecule has 0 aliphatic heterocycles. The van der Waals surface area contributed by atoms with Crippen LogP contribution in [0.5, 0.6) is 0 Å². The van der Waals surface area contributed by atoms with E-state index in [-0.39, 0.29) is 22.4 Å². The van der Waals surface area contributed by atoms with Gasteiger partial charge in [0.1, 0.15) is 6.04 Å². The minimum Gasteiger partial charge on any atom is -0.480 e. The zero-order chi connectivity index (χ0) is 19.4. The predicted molar refractivity (Wildman–Crippen MR) is 94.9 cm³/mol. The molecule has 0 aromatic heterocycles. The smallest absolute Gasteiger partial charge is 0.326 e. The Bertz CT molecular complexity index is 730. The Morgan fingerprint density at radius 3 is 2.32 bits per heavy atom. The van der Waals surface area contributed by atoms with Crippen molar-refractivity contribution in [2.24, 2.45) is 5.92 Å². The topological polar surface area (TPSA) is 104 Å². The van der Waals surface area contributed by atoms with Crippen LogP contribution < -0.4 is 5.32 Å². The lowest BCUT2D eigenvalue weighted by Gasteiger charge is -2.22. The number of rotatable bonds is 8. The van der Waals surface area contributed by atoms with E-state index in [1.807, 2.05) is 6.92 Å². The first-order chi connectivity index (χ1) is 11.5. The molecule has 1 amide bonds. The molecule has 2 N–H and O–H groups in total. The van der Waals surface area contributed by atoms with Gasteiger partial charge in [0.2, 0.25) is 10.0 Å². The zero-order valence-corrected chi connectivity index (χ0v) is 16.0. The molecule has 0 spiro atoms. The van der Waals surface area contributed by atoms with Crippen LogP contribution in [0, 0.1) is 5.92 Å². The molecule has 7 nitrogen and oxygen atoms in total. The first-order valence-electron chi connectivity index (χ1n) is 8.14. The quantitative estimate of drug-likeness (QED) is 0.728. The fourth-order valence-corrected chi connectivity index (χ4v) is 3.56. The van der Waals surface area contributed by atoms with Crippen LogP contribution in [0.3, 0.4) is 0 Å². The highest BCUT2D eigenvalue weighted by Crippen LogP contribution is 2.18. The molecule has 25 heavy (non-hydrogen) atoms. The van der Waals surface area contributed by atoms with Crippen molar-refractivity contribution in [1.82, 2.24) is 9.62 Å². The summed E-state index contributed by atoms with van der Waals surface area (Å²) >= 11 is 0. The Labute approximate surface area is 149 Å². The lowest BCUT2D eigenvalue weighted by atomic mass is 9.99. The predicted octanol–water partition coefficient (Wildman–Crippen LogP) is 1.94. The normalized spacial score (nSPS) is 14.4. The Balaban J connectivity index is 3.12. The lowest BCUT2D eigenvalue weighted by molar-refractivity contribution is -0.140. The second-order valence-corrected chi connectivity index (χ2v) is 8.32. The van der Waals surface area contributed by atoms with E-state index in [1.165, 1.54) is 35.6 Å². The van der Waals surface area contributed by atoms with Gasteiger partial charge in [-0.05, 0) is 38.0 Å². The van der Waals surface area contributed by atoms with Crippen LogP contribution >= 0.6 is 0 Å². The van der Waals surface area contributed by atoms with Crippen molar-refractivity contribution in [1.29, 1.82) is 0 Å². The maximum Gasteiger partial charge on any atom is 0.326 e. The lowest BCUT2D eigenvalue weighted by Crippen LogP contribution is -2.45. The van der Waals surface area contributed by atoms with Gasteiger partial charge in [-0.2, -0.15) is 4.31 Å². The number of nitrogens with zero attached hydrogens (tertiary/aromatic N) is 1. The average molecular weight is 370 g/mol. The number of aliphatic carboxylic acids is 1. The SMILES string of the molecule is CC[C@H](C)[C@H](NC(=O)c1cccc(S(=O)(=O)N(C)C(C)C)c1)C(=O)O. The third kappa shape index (κ3) is 5.02. The van der Waals surface area contributed by atoms with Crippen molar-refractivity contribution < 1.29 is 23.1 Å². The van der Waals surface area contributed by atoms with E-state index in [0.717, 1.165) is 0 Å². The average Bonchev–Trinajstić information content (AvgIpc) is 2.57. The molecule has 0 unspecified atom stereocenters. The molecule has 0 aliphatic rings. The summed E-state index contributed by atoms with van der Waals surface area (Å²) < 4.78 is 26.3. The molecule has 0 aliphatic carbocycles. The molecule has 0 saturated carbocycles. The number of benzene rings is 1. The van der Waals surface area contributed by atoms with Crippen LogP contribution in [0.2, 0.25) is 0 Å². The van der Waals surface area contributed by atoms with Gasteiger partial charge in [0.15, 0.2) is 0 Å².